The number of piperidine rings is 1. The third-order valence-electron chi connectivity index (χ3n) is 3.52. The van der Waals surface area contributed by atoms with E-state index in [4.69, 9.17) is 5.53 Å². The average Bonchev–Trinajstić information content (AvgIpc) is 2.33. The third kappa shape index (κ3) is 6.54. The first-order chi connectivity index (χ1) is 11.3. The molecule has 1 heterocycles. The molecule has 1 saturated heterocycles. The minimum Gasteiger partial charge on any atom is -0.457 e. The molecule has 25 heavy (non-hydrogen) atoms. The maximum absolute atomic E-state index is 12.2. The second kappa shape index (κ2) is 7.61. The van der Waals surface area contributed by atoms with E-state index in [9.17, 15) is 18.0 Å². The minimum atomic E-state index is -4.26. The molecule has 0 aromatic carbocycles. The van der Waals surface area contributed by atoms with Crippen LogP contribution in [-0.2, 0) is 24.5 Å². The van der Waals surface area contributed by atoms with Crippen LogP contribution in [0.1, 0.15) is 47.5 Å². The molecule has 1 aliphatic heterocycles. The molecule has 3 N–H and O–H groups in total. The lowest BCUT2D eigenvalue weighted by Gasteiger charge is -2.46. The van der Waals surface area contributed by atoms with Gasteiger partial charge in [-0.05, 0) is 47.5 Å². The van der Waals surface area contributed by atoms with Crippen LogP contribution in [0.15, 0.2) is 0 Å². The Kier molecular flexibility index (Phi) is 6.46. The highest BCUT2D eigenvalue weighted by atomic mass is 32.2. The van der Waals surface area contributed by atoms with Crippen LogP contribution < -0.4 is 14.8 Å². The SMILES string of the molecule is CCOC(=O)C(=[N+]=[N-])C(=O)NS(=O)(=O)NC1CC(C)(C)NC(C)(C)C1. The van der Waals surface area contributed by atoms with E-state index in [0.29, 0.717) is 12.8 Å². The third-order valence-corrected chi connectivity index (χ3v) is 4.62. The Morgan fingerprint density at radius 1 is 1.24 bits per heavy atom. The van der Waals surface area contributed by atoms with Gasteiger partial charge in [-0.15, -0.1) is 0 Å². The molecule has 0 radical (unpaired) electrons. The topological polar surface area (TPSA) is 150 Å². The summed E-state index contributed by atoms with van der Waals surface area (Å²) in [4.78, 5) is 25.8. The summed E-state index contributed by atoms with van der Waals surface area (Å²) in [6.45, 7) is 9.23. The number of hydrogen-bond donors (Lipinski definition) is 3. The number of nitrogens with one attached hydrogen (secondary N) is 3. The number of carbonyl (C=O) groups is 2. The zero-order valence-corrected chi connectivity index (χ0v) is 15.9. The van der Waals surface area contributed by atoms with E-state index in [2.05, 4.69) is 19.6 Å². The fourth-order valence-electron chi connectivity index (χ4n) is 3.20. The Hall–Kier alpha value is -1.81. The number of carbonyl (C=O) groups excluding carboxylic acids is 2. The Morgan fingerprint density at radius 3 is 2.20 bits per heavy atom. The van der Waals surface area contributed by atoms with Crippen molar-refractivity contribution in [1.82, 2.24) is 14.8 Å². The van der Waals surface area contributed by atoms with Gasteiger partial charge in [-0.1, -0.05) is 0 Å². The van der Waals surface area contributed by atoms with Gasteiger partial charge in [0.25, 0.3) is 0 Å². The van der Waals surface area contributed by atoms with Gasteiger partial charge in [0, 0.05) is 17.1 Å². The van der Waals surface area contributed by atoms with Crippen LogP contribution in [0.4, 0.5) is 0 Å². The fourth-order valence-corrected chi connectivity index (χ4v) is 4.21. The van der Waals surface area contributed by atoms with Gasteiger partial charge >= 0.3 is 27.8 Å². The van der Waals surface area contributed by atoms with Gasteiger partial charge in [0.2, 0.25) is 0 Å². The van der Waals surface area contributed by atoms with Gasteiger partial charge in [-0.2, -0.15) is 17.9 Å². The highest BCUT2D eigenvalue weighted by Gasteiger charge is 2.40. The zero-order valence-electron chi connectivity index (χ0n) is 15.0. The van der Waals surface area contributed by atoms with Crippen LogP contribution in [-0.4, -0.2) is 54.5 Å². The molecule has 0 aromatic heterocycles. The Labute approximate surface area is 147 Å². The fraction of sp³-hybridized carbons (Fsp3) is 0.786. The first kappa shape index (κ1) is 21.2. The van der Waals surface area contributed by atoms with Gasteiger partial charge in [-0.3, -0.25) is 4.79 Å². The first-order valence-corrected chi connectivity index (χ1v) is 9.32. The van der Waals surface area contributed by atoms with E-state index in [-0.39, 0.29) is 17.7 Å². The maximum Gasteiger partial charge on any atom is 0.463 e. The Balaban J connectivity index is 2.83. The first-order valence-electron chi connectivity index (χ1n) is 7.84. The molecule has 1 rings (SSSR count). The number of hydrogen-bond acceptors (Lipinski definition) is 6. The van der Waals surface area contributed by atoms with E-state index in [1.807, 2.05) is 27.7 Å². The lowest BCUT2D eigenvalue weighted by atomic mass is 9.80. The van der Waals surface area contributed by atoms with Crippen LogP contribution in [0, 0.1) is 0 Å². The molecule has 0 saturated carbocycles. The van der Waals surface area contributed by atoms with E-state index in [1.54, 1.807) is 4.72 Å². The molecule has 1 fully saturated rings. The number of rotatable bonds is 6. The highest BCUT2D eigenvalue weighted by molar-refractivity contribution is 7.88. The van der Waals surface area contributed by atoms with Crippen molar-refractivity contribution in [2.45, 2.75) is 64.6 Å². The highest BCUT2D eigenvalue weighted by Crippen LogP contribution is 2.28. The molecule has 0 aliphatic carbocycles. The van der Waals surface area contributed by atoms with Crippen LogP contribution in [0.3, 0.4) is 0 Å². The van der Waals surface area contributed by atoms with Gasteiger partial charge in [0.1, 0.15) is 0 Å². The molecule has 0 unspecified atom stereocenters. The van der Waals surface area contributed by atoms with Crippen LogP contribution in [0.25, 0.3) is 5.53 Å². The minimum absolute atomic E-state index is 0.0601. The molecule has 1 amide bonds. The van der Waals surface area contributed by atoms with E-state index < -0.39 is 33.8 Å². The molecular formula is C14H25N5O5S. The maximum atomic E-state index is 12.2. The monoisotopic (exact) mass is 375 g/mol. The normalized spacial score (nSPS) is 19.6. The van der Waals surface area contributed by atoms with E-state index >= 15 is 0 Å². The summed E-state index contributed by atoms with van der Waals surface area (Å²) in [6.07, 6.45) is 1.01. The van der Waals surface area contributed by atoms with Crippen LogP contribution in [0.2, 0.25) is 0 Å². The molecular weight excluding hydrogens is 350 g/mol. The summed E-state index contributed by atoms with van der Waals surface area (Å²) in [5.41, 5.74) is 7.10. The molecule has 142 valence electrons. The summed E-state index contributed by atoms with van der Waals surface area (Å²) in [7, 11) is -4.26. The summed E-state index contributed by atoms with van der Waals surface area (Å²) < 4.78 is 32.9. The lowest BCUT2D eigenvalue weighted by Crippen LogP contribution is -2.63. The van der Waals surface area contributed by atoms with Gasteiger partial charge in [0.05, 0.1) is 6.61 Å². The van der Waals surface area contributed by atoms with Crippen molar-refractivity contribution in [2.24, 2.45) is 0 Å². The number of esters is 1. The van der Waals surface area contributed by atoms with Crippen molar-refractivity contribution in [2.75, 3.05) is 6.61 Å². The Bertz CT molecular complexity index is 678. The van der Waals surface area contributed by atoms with Crippen molar-refractivity contribution in [1.29, 1.82) is 0 Å². The standard InChI is InChI=1S/C14H25N5O5S/c1-6-24-12(21)10(16-15)11(20)18-25(22,23)17-9-7-13(2,3)19-14(4,5)8-9/h9,17,19H,6-8H2,1-5H3,(H,18,20). The van der Waals surface area contributed by atoms with Crippen molar-refractivity contribution in [3.05, 3.63) is 5.53 Å². The number of amides is 1. The van der Waals surface area contributed by atoms with Crippen molar-refractivity contribution in [3.63, 3.8) is 0 Å². The second-order valence-corrected chi connectivity index (χ2v) is 8.67. The molecule has 11 heteroatoms. The summed E-state index contributed by atoms with van der Waals surface area (Å²) in [6, 6.07) is -0.423. The average molecular weight is 375 g/mol. The lowest BCUT2D eigenvalue weighted by molar-refractivity contribution is -0.141. The van der Waals surface area contributed by atoms with Crippen molar-refractivity contribution < 1.29 is 27.5 Å². The molecule has 0 aromatic rings. The number of ether oxygens (including phenoxy) is 1. The summed E-state index contributed by atoms with van der Waals surface area (Å²) in [5, 5.41) is 3.41. The molecule has 0 spiro atoms. The van der Waals surface area contributed by atoms with E-state index in [0.717, 1.165) is 0 Å². The van der Waals surface area contributed by atoms with Gasteiger partial charge in [0.15, 0.2) is 0 Å². The molecule has 1 aliphatic rings. The predicted molar refractivity (Wildman–Crippen MR) is 89.8 cm³/mol. The van der Waals surface area contributed by atoms with Gasteiger partial charge in [-0.25, -0.2) is 9.52 Å². The molecule has 0 atom stereocenters. The van der Waals surface area contributed by atoms with Crippen molar-refractivity contribution in [3.8, 4) is 0 Å². The Morgan fingerprint density at radius 2 is 1.76 bits per heavy atom. The second-order valence-electron chi connectivity index (χ2n) is 7.22. The zero-order chi connectivity index (χ0) is 19.5. The van der Waals surface area contributed by atoms with Crippen LogP contribution in [0.5, 0.6) is 0 Å². The summed E-state index contributed by atoms with van der Waals surface area (Å²) in [5.74, 6) is -2.59. The van der Waals surface area contributed by atoms with Crippen LogP contribution >= 0.6 is 0 Å². The van der Waals surface area contributed by atoms with Gasteiger partial charge < -0.3 is 15.6 Å². The number of nitrogens with zero attached hydrogens (tertiary/aromatic N) is 2. The molecule has 0 bridgehead atoms. The predicted octanol–water partition coefficient (Wildman–Crippen LogP) is -0.520. The largest absolute Gasteiger partial charge is 0.463 e. The summed E-state index contributed by atoms with van der Waals surface area (Å²) >= 11 is 0. The van der Waals surface area contributed by atoms with Crippen molar-refractivity contribution >= 4 is 27.8 Å². The smallest absolute Gasteiger partial charge is 0.457 e. The molecule has 10 nitrogen and oxygen atoms in total. The van der Waals surface area contributed by atoms with E-state index in [1.165, 1.54) is 6.92 Å². The quantitative estimate of drug-likeness (QED) is 0.187.